The Morgan fingerprint density at radius 1 is 1.30 bits per heavy atom. The predicted octanol–water partition coefficient (Wildman–Crippen LogP) is 1.66. The van der Waals surface area contributed by atoms with E-state index >= 15 is 0 Å². The van der Waals surface area contributed by atoms with Crippen molar-refractivity contribution >= 4 is 17.7 Å². The zero-order valence-corrected chi connectivity index (χ0v) is 15.4. The van der Waals surface area contributed by atoms with Crippen LogP contribution in [0.25, 0.3) is 5.95 Å². The molecule has 1 fully saturated rings. The summed E-state index contributed by atoms with van der Waals surface area (Å²) in [5.74, 6) is -2.00. The summed E-state index contributed by atoms with van der Waals surface area (Å²) in [6, 6.07) is 3.08. The minimum atomic E-state index is -0.943. The van der Waals surface area contributed by atoms with Gasteiger partial charge in [-0.2, -0.15) is 9.78 Å². The highest BCUT2D eigenvalue weighted by molar-refractivity contribution is 5.94. The number of carboxylic acids is 1. The van der Waals surface area contributed by atoms with Crippen molar-refractivity contribution in [3.8, 4) is 5.95 Å². The highest BCUT2D eigenvalue weighted by atomic mass is 16.4. The van der Waals surface area contributed by atoms with Crippen LogP contribution in [0.4, 0.5) is 5.82 Å². The highest BCUT2D eigenvalue weighted by Gasteiger charge is 2.36. The van der Waals surface area contributed by atoms with Gasteiger partial charge in [-0.3, -0.25) is 19.4 Å². The van der Waals surface area contributed by atoms with Crippen LogP contribution in [0.2, 0.25) is 0 Å². The number of rotatable bonds is 5. The fourth-order valence-electron chi connectivity index (χ4n) is 3.48. The van der Waals surface area contributed by atoms with E-state index in [2.05, 4.69) is 20.4 Å². The van der Waals surface area contributed by atoms with Gasteiger partial charge in [-0.15, -0.1) is 0 Å². The fourth-order valence-corrected chi connectivity index (χ4v) is 3.48. The van der Waals surface area contributed by atoms with Crippen molar-refractivity contribution in [3.05, 3.63) is 33.9 Å². The van der Waals surface area contributed by atoms with E-state index in [1.165, 1.54) is 10.7 Å². The molecule has 9 heteroatoms. The molecule has 0 aromatic carbocycles. The van der Waals surface area contributed by atoms with E-state index in [-0.39, 0.29) is 17.4 Å². The molecule has 9 nitrogen and oxygen atoms in total. The Kier molecular flexibility index (Phi) is 5.38. The van der Waals surface area contributed by atoms with E-state index in [0.717, 1.165) is 12.8 Å². The summed E-state index contributed by atoms with van der Waals surface area (Å²) in [7, 11) is 0. The van der Waals surface area contributed by atoms with Crippen LogP contribution in [-0.2, 0) is 16.0 Å². The predicted molar refractivity (Wildman–Crippen MR) is 97.8 cm³/mol. The van der Waals surface area contributed by atoms with E-state index in [1.54, 1.807) is 13.0 Å². The molecule has 27 heavy (non-hydrogen) atoms. The molecular formula is C18H23N5O4. The van der Waals surface area contributed by atoms with Gasteiger partial charge < -0.3 is 10.4 Å². The second kappa shape index (κ2) is 7.73. The fraction of sp³-hybridized carbons (Fsp3) is 0.500. The number of carbonyl (C=O) groups is 2. The summed E-state index contributed by atoms with van der Waals surface area (Å²) in [6.07, 6.45) is 3.26. The van der Waals surface area contributed by atoms with Gasteiger partial charge in [0.2, 0.25) is 11.9 Å². The van der Waals surface area contributed by atoms with Gasteiger partial charge in [0, 0.05) is 17.8 Å². The van der Waals surface area contributed by atoms with Gasteiger partial charge in [0.15, 0.2) is 0 Å². The van der Waals surface area contributed by atoms with Crippen LogP contribution in [0.1, 0.15) is 44.0 Å². The molecule has 3 N–H and O–H groups in total. The molecule has 0 saturated heterocycles. The normalized spacial score (nSPS) is 19.6. The third kappa shape index (κ3) is 4.07. The SMILES string of the molecule is CCc1cc(=O)[nH]c(-n2nc(C)cc2NC(=O)[C@H]2CCCC[C@@H]2C(=O)O)n1. The summed E-state index contributed by atoms with van der Waals surface area (Å²) in [5, 5.41) is 16.5. The molecule has 0 spiro atoms. The average Bonchev–Trinajstić information content (AvgIpc) is 3.01. The van der Waals surface area contributed by atoms with Crippen LogP contribution < -0.4 is 10.9 Å². The molecule has 1 aliphatic rings. The molecule has 1 aliphatic carbocycles. The topological polar surface area (TPSA) is 130 Å². The molecule has 144 valence electrons. The lowest BCUT2D eigenvalue weighted by Gasteiger charge is -2.27. The molecule has 2 heterocycles. The lowest BCUT2D eigenvalue weighted by atomic mass is 9.79. The molecule has 2 atom stereocenters. The number of nitrogens with one attached hydrogen (secondary N) is 2. The third-order valence-corrected chi connectivity index (χ3v) is 4.85. The molecular weight excluding hydrogens is 350 g/mol. The molecule has 1 amide bonds. The minimum absolute atomic E-state index is 0.209. The number of hydrogen-bond donors (Lipinski definition) is 3. The first kappa shape index (κ1) is 18.8. The molecule has 1 saturated carbocycles. The molecule has 2 aromatic rings. The standard InChI is InChI=1S/C18H23N5O4/c1-3-11-9-15(24)21-18(19-11)23-14(8-10(2)22-23)20-16(25)12-6-4-5-7-13(12)17(26)27/h8-9,12-13H,3-7H2,1-2H3,(H,20,25)(H,26,27)(H,19,21,24)/t12-,13-/m0/s1. The van der Waals surface area contributed by atoms with Crippen molar-refractivity contribution in [1.29, 1.82) is 0 Å². The van der Waals surface area contributed by atoms with Gasteiger partial charge in [0.25, 0.3) is 5.56 Å². The zero-order valence-electron chi connectivity index (χ0n) is 15.4. The van der Waals surface area contributed by atoms with Crippen molar-refractivity contribution in [1.82, 2.24) is 19.7 Å². The summed E-state index contributed by atoms with van der Waals surface area (Å²) in [5.41, 5.74) is 0.936. The van der Waals surface area contributed by atoms with E-state index in [1.807, 2.05) is 6.92 Å². The van der Waals surface area contributed by atoms with Gasteiger partial charge in [-0.1, -0.05) is 19.8 Å². The number of hydrogen-bond acceptors (Lipinski definition) is 5. The quantitative estimate of drug-likeness (QED) is 0.731. The lowest BCUT2D eigenvalue weighted by molar-refractivity contribution is -0.147. The third-order valence-electron chi connectivity index (χ3n) is 4.85. The Bertz CT molecular complexity index is 917. The van der Waals surface area contributed by atoms with Crippen molar-refractivity contribution in [2.45, 2.75) is 46.0 Å². The van der Waals surface area contributed by atoms with Gasteiger partial charge in [0.05, 0.1) is 17.5 Å². The summed E-state index contributed by atoms with van der Waals surface area (Å²) in [6.45, 7) is 3.65. The van der Waals surface area contributed by atoms with Crippen molar-refractivity contribution in [2.75, 3.05) is 5.32 Å². The van der Waals surface area contributed by atoms with Gasteiger partial charge in [-0.25, -0.2) is 4.98 Å². The summed E-state index contributed by atoms with van der Waals surface area (Å²) in [4.78, 5) is 43.1. The van der Waals surface area contributed by atoms with Gasteiger partial charge in [0.1, 0.15) is 5.82 Å². The molecule has 0 aliphatic heterocycles. The van der Waals surface area contributed by atoms with E-state index < -0.39 is 17.8 Å². The lowest BCUT2D eigenvalue weighted by Crippen LogP contribution is -2.36. The Labute approximate surface area is 155 Å². The van der Waals surface area contributed by atoms with Crippen LogP contribution in [0.3, 0.4) is 0 Å². The first-order valence-corrected chi connectivity index (χ1v) is 9.10. The number of carbonyl (C=O) groups excluding carboxylic acids is 1. The largest absolute Gasteiger partial charge is 0.481 e. The van der Waals surface area contributed by atoms with E-state index in [9.17, 15) is 19.5 Å². The average molecular weight is 373 g/mol. The molecule has 0 bridgehead atoms. The van der Waals surface area contributed by atoms with Crippen LogP contribution in [0, 0.1) is 18.8 Å². The zero-order chi connectivity index (χ0) is 19.6. The summed E-state index contributed by atoms with van der Waals surface area (Å²) < 4.78 is 1.37. The molecule has 0 radical (unpaired) electrons. The van der Waals surface area contributed by atoms with Crippen LogP contribution in [0.15, 0.2) is 16.9 Å². The van der Waals surface area contributed by atoms with Gasteiger partial charge in [-0.05, 0) is 26.2 Å². The Balaban J connectivity index is 1.90. The Hall–Kier alpha value is -2.97. The van der Waals surface area contributed by atoms with Crippen molar-refractivity contribution in [2.24, 2.45) is 11.8 Å². The van der Waals surface area contributed by atoms with E-state index in [4.69, 9.17) is 0 Å². The number of aromatic nitrogens is 4. The van der Waals surface area contributed by atoms with Crippen LogP contribution >= 0.6 is 0 Å². The van der Waals surface area contributed by atoms with Crippen molar-refractivity contribution in [3.63, 3.8) is 0 Å². The maximum Gasteiger partial charge on any atom is 0.307 e. The van der Waals surface area contributed by atoms with Crippen LogP contribution in [-0.4, -0.2) is 36.7 Å². The number of anilines is 1. The number of H-pyrrole nitrogens is 1. The monoisotopic (exact) mass is 373 g/mol. The number of aryl methyl sites for hydroxylation is 2. The maximum absolute atomic E-state index is 12.8. The number of aromatic amines is 1. The van der Waals surface area contributed by atoms with Gasteiger partial charge >= 0.3 is 5.97 Å². The second-order valence-electron chi connectivity index (χ2n) is 6.82. The van der Waals surface area contributed by atoms with Crippen molar-refractivity contribution < 1.29 is 14.7 Å². The smallest absolute Gasteiger partial charge is 0.307 e. The molecule has 3 rings (SSSR count). The first-order chi connectivity index (χ1) is 12.9. The Morgan fingerprint density at radius 2 is 2.00 bits per heavy atom. The van der Waals surface area contributed by atoms with Crippen LogP contribution in [0.5, 0.6) is 0 Å². The number of aliphatic carboxylic acids is 1. The highest BCUT2D eigenvalue weighted by Crippen LogP contribution is 2.31. The van der Waals surface area contributed by atoms with E-state index in [0.29, 0.717) is 36.5 Å². The molecule has 0 unspecified atom stereocenters. The number of amides is 1. The number of carboxylic acid groups (broad SMARTS) is 1. The second-order valence-corrected chi connectivity index (χ2v) is 6.82. The first-order valence-electron chi connectivity index (χ1n) is 9.10. The minimum Gasteiger partial charge on any atom is -0.481 e. The summed E-state index contributed by atoms with van der Waals surface area (Å²) >= 11 is 0. The molecule has 2 aromatic heterocycles. The number of nitrogens with zero attached hydrogens (tertiary/aromatic N) is 3. The Morgan fingerprint density at radius 3 is 2.67 bits per heavy atom. The maximum atomic E-state index is 12.8.